The van der Waals surface area contributed by atoms with Gasteiger partial charge in [0.2, 0.25) is 5.91 Å². The van der Waals surface area contributed by atoms with Crippen molar-refractivity contribution in [3.8, 4) is 5.75 Å². The molecule has 1 aliphatic rings. The van der Waals surface area contributed by atoms with Crippen LogP contribution in [0.2, 0.25) is 0 Å². The van der Waals surface area contributed by atoms with Crippen LogP contribution in [0.4, 0.5) is 0 Å². The van der Waals surface area contributed by atoms with Gasteiger partial charge >= 0.3 is 0 Å². The average Bonchev–Trinajstić information content (AvgIpc) is 2.73. The summed E-state index contributed by atoms with van der Waals surface area (Å²) in [6.45, 7) is 6.59. The van der Waals surface area contributed by atoms with Crippen LogP contribution in [0.1, 0.15) is 49.3 Å². The van der Waals surface area contributed by atoms with Crippen LogP contribution in [0.5, 0.6) is 5.75 Å². The summed E-state index contributed by atoms with van der Waals surface area (Å²) in [4.78, 5) is 14.9. The van der Waals surface area contributed by atoms with Gasteiger partial charge in [0.05, 0.1) is 6.61 Å². The lowest BCUT2D eigenvalue weighted by atomic mass is 9.90. The first kappa shape index (κ1) is 20.4. The fourth-order valence-corrected chi connectivity index (χ4v) is 3.87. The maximum atomic E-state index is 12.8. The molecule has 28 heavy (non-hydrogen) atoms. The molecule has 0 aliphatic carbocycles. The molecule has 150 valence electrons. The standard InChI is InChI=1S/C25H33NO2/c1-3-21-9-11-22(12-10-21)13-14-23-6-4-17-26(25(23)27)18-5-19-28-24-15-7-20(2)8-16-24/h7-12,15-16,23H,3-6,13-14,17-19H2,1-2H3. The van der Waals surface area contributed by atoms with E-state index in [0.29, 0.717) is 12.5 Å². The fraction of sp³-hybridized carbons (Fsp3) is 0.480. The van der Waals surface area contributed by atoms with Crippen LogP contribution < -0.4 is 4.74 Å². The Kier molecular flexibility index (Phi) is 7.53. The van der Waals surface area contributed by atoms with Gasteiger partial charge in [-0.1, -0.05) is 48.9 Å². The van der Waals surface area contributed by atoms with Crippen LogP contribution in [0.3, 0.4) is 0 Å². The fourth-order valence-electron chi connectivity index (χ4n) is 3.87. The highest BCUT2D eigenvalue weighted by Gasteiger charge is 2.27. The van der Waals surface area contributed by atoms with Gasteiger partial charge in [0.15, 0.2) is 0 Å². The first-order valence-corrected chi connectivity index (χ1v) is 10.7. The second kappa shape index (κ2) is 10.3. The van der Waals surface area contributed by atoms with Crippen LogP contribution >= 0.6 is 0 Å². The summed E-state index contributed by atoms with van der Waals surface area (Å²) in [6.07, 6.45) is 6.05. The molecule has 1 fully saturated rings. The van der Waals surface area contributed by atoms with E-state index in [1.165, 1.54) is 16.7 Å². The topological polar surface area (TPSA) is 29.5 Å². The van der Waals surface area contributed by atoms with Crippen LogP contribution in [0.25, 0.3) is 0 Å². The lowest BCUT2D eigenvalue weighted by Gasteiger charge is -2.32. The maximum Gasteiger partial charge on any atom is 0.225 e. The molecule has 0 saturated carbocycles. The van der Waals surface area contributed by atoms with Crippen molar-refractivity contribution in [2.45, 2.75) is 52.4 Å². The normalized spacial score (nSPS) is 17.0. The highest BCUT2D eigenvalue weighted by molar-refractivity contribution is 5.79. The second-order valence-corrected chi connectivity index (χ2v) is 7.89. The molecule has 3 heteroatoms. The molecule has 0 bridgehead atoms. The minimum Gasteiger partial charge on any atom is -0.494 e. The average molecular weight is 380 g/mol. The first-order valence-electron chi connectivity index (χ1n) is 10.7. The van der Waals surface area contributed by atoms with Gasteiger partial charge in [-0.3, -0.25) is 4.79 Å². The molecule has 2 aromatic carbocycles. The van der Waals surface area contributed by atoms with E-state index >= 15 is 0 Å². The number of piperidine rings is 1. The second-order valence-electron chi connectivity index (χ2n) is 7.89. The van der Waals surface area contributed by atoms with E-state index < -0.39 is 0 Å². The zero-order valence-electron chi connectivity index (χ0n) is 17.3. The van der Waals surface area contributed by atoms with Gasteiger partial charge in [0.1, 0.15) is 5.75 Å². The Morgan fingerprint density at radius 3 is 2.46 bits per heavy atom. The van der Waals surface area contributed by atoms with Crippen molar-refractivity contribution in [1.82, 2.24) is 4.90 Å². The number of amides is 1. The monoisotopic (exact) mass is 379 g/mol. The lowest BCUT2D eigenvalue weighted by molar-refractivity contribution is -0.138. The van der Waals surface area contributed by atoms with E-state index in [-0.39, 0.29) is 5.92 Å². The van der Waals surface area contributed by atoms with Gasteiger partial charge in [-0.2, -0.15) is 0 Å². The number of aryl methyl sites for hydroxylation is 3. The van der Waals surface area contributed by atoms with Crippen LogP contribution in [0.15, 0.2) is 48.5 Å². The Bertz CT molecular complexity index is 736. The molecule has 0 radical (unpaired) electrons. The van der Waals surface area contributed by atoms with Gasteiger partial charge in [-0.25, -0.2) is 0 Å². The molecule has 0 N–H and O–H groups in total. The number of nitrogens with zero attached hydrogens (tertiary/aromatic N) is 1. The molecule has 0 aromatic heterocycles. The smallest absolute Gasteiger partial charge is 0.225 e. The Balaban J connectivity index is 1.40. The zero-order valence-corrected chi connectivity index (χ0v) is 17.3. The Labute approximate surface area is 169 Å². The van der Waals surface area contributed by atoms with Crippen molar-refractivity contribution < 1.29 is 9.53 Å². The van der Waals surface area contributed by atoms with Crippen LogP contribution in [-0.2, 0) is 17.6 Å². The van der Waals surface area contributed by atoms with Crippen LogP contribution in [0, 0.1) is 12.8 Å². The largest absolute Gasteiger partial charge is 0.494 e. The summed E-state index contributed by atoms with van der Waals surface area (Å²) in [7, 11) is 0. The molecule has 0 spiro atoms. The molecule has 1 saturated heterocycles. The van der Waals surface area contributed by atoms with E-state index in [2.05, 4.69) is 50.2 Å². The Morgan fingerprint density at radius 1 is 1.04 bits per heavy atom. The number of hydrogen-bond acceptors (Lipinski definition) is 2. The third-order valence-corrected chi connectivity index (χ3v) is 5.72. The van der Waals surface area contributed by atoms with Crippen molar-refractivity contribution in [3.05, 3.63) is 65.2 Å². The summed E-state index contributed by atoms with van der Waals surface area (Å²) in [6, 6.07) is 17.0. The Morgan fingerprint density at radius 2 is 1.75 bits per heavy atom. The minimum absolute atomic E-state index is 0.178. The molecular weight excluding hydrogens is 346 g/mol. The summed E-state index contributed by atoms with van der Waals surface area (Å²) >= 11 is 0. The predicted octanol–water partition coefficient (Wildman–Crippen LogP) is 5.20. The third-order valence-electron chi connectivity index (χ3n) is 5.72. The van der Waals surface area contributed by atoms with E-state index in [1.54, 1.807) is 0 Å². The highest BCUT2D eigenvalue weighted by atomic mass is 16.5. The van der Waals surface area contributed by atoms with Crippen molar-refractivity contribution in [2.75, 3.05) is 19.7 Å². The van der Waals surface area contributed by atoms with Gasteiger partial charge in [0, 0.05) is 19.0 Å². The number of hydrogen-bond donors (Lipinski definition) is 0. The zero-order chi connectivity index (χ0) is 19.8. The Hall–Kier alpha value is -2.29. The number of ether oxygens (including phenoxy) is 1. The SMILES string of the molecule is CCc1ccc(CCC2CCCN(CCCOc3ccc(C)cc3)C2=O)cc1. The van der Waals surface area contributed by atoms with E-state index in [9.17, 15) is 4.79 Å². The number of rotatable bonds is 9. The quantitative estimate of drug-likeness (QED) is 0.561. The molecule has 1 atom stereocenters. The number of carbonyl (C=O) groups is 1. The van der Waals surface area contributed by atoms with Crippen molar-refractivity contribution in [2.24, 2.45) is 5.92 Å². The van der Waals surface area contributed by atoms with Gasteiger partial charge in [-0.05, 0) is 68.7 Å². The molecule has 1 heterocycles. The van der Waals surface area contributed by atoms with E-state index in [4.69, 9.17) is 4.74 Å². The highest BCUT2D eigenvalue weighted by Crippen LogP contribution is 2.23. The minimum atomic E-state index is 0.178. The van der Waals surface area contributed by atoms with Crippen molar-refractivity contribution in [1.29, 1.82) is 0 Å². The number of likely N-dealkylation sites (tertiary alicyclic amines) is 1. The van der Waals surface area contributed by atoms with E-state index in [1.807, 2.05) is 17.0 Å². The summed E-state index contributed by atoms with van der Waals surface area (Å²) in [5.74, 6) is 1.42. The maximum absolute atomic E-state index is 12.8. The summed E-state index contributed by atoms with van der Waals surface area (Å²) in [5, 5.41) is 0. The number of benzene rings is 2. The van der Waals surface area contributed by atoms with Gasteiger partial charge in [-0.15, -0.1) is 0 Å². The van der Waals surface area contributed by atoms with Gasteiger partial charge < -0.3 is 9.64 Å². The summed E-state index contributed by atoms with van der Waals surface area (Å²) in [5.41, 5.74) is 3.95. The molecular formula is C25H33NO2. The summed E-state index contributed by atoms with van der Waals surface area (Å²) < 4.78 is 5.80. The van der Waals surface area contributed by atoms with E-state index in [0.717, 1.165) is 57.4 Å². The molecule has 1 unspecified atom stereocenters. The molecule has 1 amide bonds. The lowest BCUT2D eigenvalue weighted by Crippen LogP contribution is -2.42. The van der Waals surface area contributed by atoms with Crippen LogP contribution in [-0.4, -0.2) is 30.5 Å². The molecule has 3 rings (SSSR count). The van der Waals surface area contributed by atoms with Gasteiger partial charge in [0.25, 0.3) is 0 Å². The van der Waals surface area contributed by atoms with Crippen molar-refractivity contribution in [3.63, 3.8) is 0 Å². The molecule has 3 nitrogen and oxygen atoms in total. The van der Waals surface area contributed by atoms with Crippen molar-refractivity contribution >= 4 is 5.91 Å². The molecule has 1 aliphatic heterocycles. The number of carbonyl (C=O) groups excluding carboxylic acids is 1. The molecule has 2 aromatic rings. The first-order chi connectivity index (χ1) is 13.7. The predicted molar refractivity (Wildman–Crippen MR) is 115 cm³/mol. The third kappa shape index (κ3) is 5.85.